The van der Waals surface area contributed by atoms with Crippen LogP contribution in [0.15, 0.2) is 88.8 Å². The fourth-order valence-corrected chi connectivity index (χ4v) is 4.93. The third kappa shape index (κ3) is 4.89. The number of non-ortho nitro benzene ring substituents is 1. The van der Waals surface area contributed by atoms with Gasteiger partial charge in [0.05, 0.1) is 17.0 Å². The van der Waals surface area contributed by atoms with Gasteiger partial charge in [-0.15, -0.1) is 0 Å². The van der Waals surface area contributed by atoms with Crippen molar-refractivity contribution >= 4 is 46.0 Å². The summed E-state index contributed by atoms with van der Waals surface area (Å²) in [4.78, 5) is 47.4. The van der Waals surface area contributed by atoms with E-state index in [1.807, 2.05) is 54.6 Å². The highest BCUT2D eigenvalue weighted by Gasteiger charge is 2.42. The Morgan fingerprint density at radius 3 is 2.58 bits per heavy atom. The molecule has 1 unspecified atom stereocenters. The quantitative estimate of drug-likeness (QED) is 0.386. The molecular weight excluding hydrogens is 478 g/mol. The highest BCUT2D eigenvalue weighted by atomic mass is 32.2. The zero-order valence-corrected chi connectivity index (χ0v) is 19.9. The molecular formula is C26H21N5O4S. The van der Waals surface area contributed by atoms with Crippen molar-refractivity contribution in [2.45, 2.75) is 24.8 Å². The number of nitrogens with zero attached hydrogens (tertiary/aromatic N) is 4. The summed E-state index contributed by atoms with van der Waals surface area (Å²) in [6.45, 7) is 0.371. The molecule has 3 aromatic rings. The highest BCUT2D eigenvalue weighted by Crippen LogP contribution is 2.35. The number of nitro benzene ring substituents is 1. The summed E-state index contributed by atoms with van der Waals surface area (Å²) in [6.07, 6.45) is -0.0728. The van der Waals surface area contributed by atoms with Gasteiger partial charge in [0.1, 0.15) is 11.9 Å². The number of benzene rings is 3. The minimum Gasteiger partial charge on any atom is -0.352 e. The first kappa shape index (κ1) is 23.4. The molecule has 0 aliphatic carbocycles. The zero-order valence-electron chi connectivity index (χ0n) is 19.0. The van der Waals surface area contributed by atoms with Crippen molar-refractivity contribution in [3.8, 4) is 0 Å². The van der Waals surface area contributed by atoms with Crippen LogP contribution in [0.25, 0.3) is 0 Å². The lowest BCUT2D eigenvalue weighted by molar-refractivity contribution is -0.384. The number of amidine groups is 2. The maximum Gasteiger partial charge on any atom is 0.269 e. The van der Waals surface area contributed by atoms with Crippen LogP contribution in [0, 0.1) is 10.1 Å². The molecule has 2 heterocycles. The van der Waals surface area contributed by atoms with Crippen LogP contribution in [0.3, 0.4) is 0 Å². The number of rotatable bonds is 7. The molecule has 9 nitrogen and oxygen atoms in total. The molecule has 0 radical (unpaired) electrons. The van der Waals surface area contributed by atoms with Crippen molar-refractivity contribution < 1.29 is 14.5 Å². The smallest absolute Gasteiger partial charge is 0.269 e. The van der Waals surface area contributed by atoms with Gasteiger partial charge in [0.2, 0.25) is 5.91 Å². The molecule has 10 heteroatoms. The molecule has 1 N–H and O–H groups in total. The number of carbonyl (C=O) groups is 2. The molecule has 0 fully saturated rings. The summed E-state index contributed by atoms with van der Waals surface area (Å²) in [5, 5.41) is 14.4. The standard InChI is InChI=1S/C26H21N5O4S/c32-23(27-15-17-7-2-1-3-8-17)14-22-25(33)30-24(28-22)20-11-4-5-12-21(20)29-26(30)36-16-18-9-6-10-19(13-18)31(34)35/h1-13,22H,14-16H2,(H,27,32). The fourth-order valence-electron chi connectivity index (χ4n) is 3.98. The number of aliphatic imine (C=N–C) groups is 2. The van der Waals surface area contributed by atoms with Crippen LogP contribution in [-0.4, -0.2) is 38.7 Å². The number of para-hydroxylation sites is 1. The first-order valence-corrected chi connectivity index (χ1v) is 12.2. The van der Waals surface area contributed by atoms with Gasteiger partial charge in [-0.1, -0.05) is 66.4 Å². The third-order valence-electron chi connectivity index (χ3n) is 5.75. The fraction of sp³-hybridized carbons (Fsp3) is 0.154. The van der Waals surface area contributed by atoms with E-state index in [1.165, 1.54) is 28.8 Å². The van der Waals surface area contributed by atoms with Crippen molar-refractivity contribution in [2.24, 2.45) is 9.98 Å². The van der Waals surface area contributed by atoms with E-state index in [2.05, 4.69) is 15.3 Å². The largest absolute Gasteiger partial charge is 0.352 e. The topological polar surface area (TPSA) is 117 Å². The van der Waals surface area contributed by atoms with Gasteiger partial charge in [-0.05, 0) is 23.3 Å². The first-order valence-electron chi connectivity index (χ1n) is 11.3. The van der Waals surface area contributed by atoms with Crippen molar-refractivity contribution in [1.29, 1.82) is 0 Å². The van der Waals surface area contributed by atoms with Gasteiger partial charge >= 0.3 is 0 Å². The van der Waals surface area contributed by atoms with Crippen molar-refractivity contribution in [3.05, 3.63) is 106 Å². The van der Waals surface area contributed by atoms with E-state index in [9.17, 15) is 19.7 Å². The maximum atomic E-state index is 13.4. The molecule has 0 saturated heterocycles. The summed E-state index contributed by atoms with van der Waals surface area (Å²) in [5.74, 6) is 0.257. The van der Waals surface area contributed by atoms with Crippen LogP contribution < -0.4 is 5.32 Å². The van der Waals surface area contributed by atoms with Gasteiger partial charge in [0.25, 0.3) is 11.6 Å². The van der Waals surface area contributed by atoms with E-state index < -0.39 is 11.0 Å². The Hall–Kier alpha value is -4.31. The molecule has 0 aromatic heterocycles. The number of amides is 2. The molecule has 180 valence electrons. The van der Waals surface area contributed by atoms with Gasteiger partial charge in [-0.2, -0.15) is 0 Å². The zero-order chi connectivity index (χ0) is 25.1. The normalized spacial score (nSPS) is 16.1. The average Bonchev–Trinajstić information content (AvgIpc) is 3.23. The third-order valence-corrected chi connectivity index (χ3v) is 6.76. The van der Waals surface area contributed by atoms with Crippen LogP contribution in [0.5, 0.6) is 0 Å². The number of carbonyl (C=O) groups excluding carboxylic acids is 2. The maximum absolute atomic E-state index is 13.4. The lowest BCUT2D eigenvalue weighted by Gasteiger charge is -2.25. The van der Waals surface area contributed by atoms with Gasteiger partial charge in [-0.3, -0.25) is 24.7 Å². The van der Waals surface area contributed by atoms with Crippen molar-refractivity contribution in [3.63, 3.8) is 0 Å². The van der Waals surface area contributed by atoms with E-state index in [1.54, 1.807) is 12.1 Å². The van der Waals surface area contributed by atoms with E-state index in [-0.39, 0.29) is 23.9 Å². The summed E-state index contributed by atoms with van der Waals surface area (Å²) in [7, 11) is 0. The Kier molecular flexibility index (Phi) is 6.59. The molecule has 0 saturated carbocycles. The van der Waals surface area contributed by atoms with Crippen LogP contribution in [-0.2, 0) is 21.9 Å². The Balaban J connectivity index is 1.34. The summed E-state index contributed by atoms with van der Waals surface area (Å²) < 4.78 is 0. The molecule has 0 bridgehead atoms. The average molecular weight is 500 g/mol. The number of nitrogens with one attached hydrogen (secondary N) is 1. The molecule has 1 atom stereocenters. The Bertz CT molecular complexity index is 1410. The predicted molar refractivity (Wildman–Crippen MR) is 138 cm³/mol. The van der Waals surface area contributed by atoms with Crippen LogP contribution >= 0.6 is 11.8 Å². The molecule has 5 rings (SSSR count). The van der Waals surface area contributed by atoms with Crippen molar-refractivity contribution in [2.75, 3.05) is 0 Å². The number of thioether (sulfide) groups is 1. The SMILES string of the molecule is O=C(CC1N=C2c3ccccc3N=C(SCc3cccc([N+](=O)[O-])c3)N2C1=O)NCc1ccccc1. The van der Waals surface area contributed by atoms with Gasteiger partial charge in [-0.25, -0.2) is 9.89 Å². The second-order valence-electron chi connectivity index (χ2n) is 8.24. The van der Waals surface area contributed by atoms with Crippen LogP contribution in [0.4, 0.5) is 11.4 Å². The molecule has 0 spiro atoms. The summed E-state index contributed by atoms with van der Waals surface area (Å²) >= 11 is 1.29. The summed E-state index contributed by atoms with van der Waals surface area (Å²) in [5.41, 5.74) is 3.10. The van der Waals surface area contributed by atoms with E-state index in [0.717, 1.165) is 16.7 Å². The Labute approximate surface area is 211 Å². The molecule has 3 aromatic carbocycles. The van der Waals surface area contributed by atoms with Gasteiger partial charge in [0.15, 0.2) is 5.17 Å². The molecule has 36 heavy (non-hydrogen) atoms. The lowest BCUT2D eigenvalue weighted by Crippen LogP contribution is -2.42. The molecule has 2 aliphatic rings. The van der Waals surface area contributed by atoms with E-state index in [0.29, 0.717) is 29.0 Å². The highest BCUT2D eigenvalue weighted by molar-refractivity contribution is 8.13. The van der Waals surface area contributed by atoms with Crippen LogP contribution in [0.2, 0.25) is 0 Å². The van der Waals surface area contributed by atoms with Gasteiger partial charge < -0.3 is 5.32 Å². The minimum atomic E-state index is -0.856. The van der Waals surface area contributed by atoms with Crippen molar-refractivity contribution in [1.82, 2.24) is 10.2 Å². The number of hydrogen-bond donors (Lipinski definition) is 1. The number of hydrogen-bond acceptors (Lipinski definition) is 7. The Morgan fingerprint density at radius 2 is 1.78 bits per heavy atom. The van der Waals surface area contributed by atoms with Crippen LogP contribution in [0.1, 0.15) is 23.1 Å². The monoisotopic (exact) mass is 499 g/mol. The summed E-state index contributed by atoms with van der Waals surface area (Å²) in [6, 6.07) is 22.4. The second kappa shape index (κ2) is 10.1. The second-order valence-corrected chi connectivity index (χ2v) is 9.18. The van der Waals surface area contributed by atoms with E-state index >= 15 is 0 Å². The predicted octanol–water partition coefficient (Wildman–Crippen LogP) is 4.19. The van der Waals surface area contributed by atoms with Gasteiger partial charge in [0, 0.05) is 30.0 Å². The Morgan fingerprint density at radius 1 is 1.03 bits per heavy atom. The first-order chi connectivity index (χ1) is 17.5. The number of fused-ring (bicyclic) bond motifs is 3. The minimum absolute atomic E-state index is 0.00473. The van der Waals surface area contributed by atoms with E-state index in [4.69, 9.17) is 0 Å². The lowest BCUT2D eigenvalue weighted by atomic mass is 10.1. The number of nitro groups is 1. The molecule has 2 aliphatic heterocycles. The molecule has 2 amide bonds.